The molecule has 0 aromatic carbocycles. The molecule has 1 aliphatic heterocycles. The van der Waals surface area contributed by atoms with Crippen LogP contribution in [0.15, 0.2) is 12.2 Å². The third kappa shape index (κ3) is 22.9. The molecule has 8 unspecified atom stereocenters. The topological polar surface area (TPSA) is 212 Å². The Morgan fingerprint density at radius 1 is 0.750 bits per heavy atom. The molecule has 308 valence electrons. The van der Waals surface area contributed by atoms with Gasteiger partial charge in [-0.1, -0.05) is 142 Å². The van der Waals surface area contributed by atoms with Crippen LogP contribution in [0, 0.1) is 0 Å². The van der Waals surface area contributed by atoms with Crippen molar-refractivity contribution in [2.75, 3.05) is 13.2 Å². The summed E-state index contributed by atoms with van der Waals surface area (Å²) in [5, 5.41) is 55.0. The van der Waals surface area contributed by atoms with E-state index >= 15 is 0 Å². The summed E-state index contributed by atoms with van der Waals surface area (Å²) in [6, 6.07) is -1.03. The van der Waals surface area contributed by atoms with Gasteiger partial charge >= 0.3 is 10.4 Å². The minimum absolute atomic E-state index is 0.239. The fraction of sp³-hybridized carbons (Fsp3) is 0.921. The van der Waals surface area contributed by atoms with Gasteiger partial charge < -0.3 is 40.3 Å². The van der Waals surface area contributed by atoms with E-state index < -0.39 is 78.5 Å². The summed E-state index contributed by atoms with van der Waals surface area (Å²) in [4.78, 5) is 13.0. The summed E-state index contributed by atoms with van der Waals surface area (Å²) in [5.74, 6) is -0.686. The van der Waals surface area contributed by atoms with E-state index in [1.807, 2.05) is 0 Å². The lowest BCUT2D eigenvalue weighted by atomic mass is 9.99. The number of hydrogen-bond donors (Lipinski definition) is 7. The van der Waals surface area contributed by atoms with Gasteiger partial charge in [-0.05, 0) is 32.1 Å². The SMILES string of the molecule is CCCC/C=C\CCCCCC(O)C(=O)NC(COC1OC(CO)C(O)C(OS(=O)(=O)O)C1O)C(O)CCCCCCCCCCCCCCCC. The number of carbonyl (C=O) groups excluding carboxylic acids is 1. The highest BCUT2D eigenvalue weighted by Gasteiger charge is 2.48. The number of carbonyl (C=O) groups is 1. The van der Waals surface area contributed by atoms with Gasteiger partial charge in [-0.2, -0.15) is 8.42 Å². The lowest BCUT2D eigenvalue weighted by Crippen LogP contribution is -2.61. The lowest BCUT2D eigenvalue weighted by molar-refractivity contribution is -0.298. The summed E-state index contributed by atoms with van der Waals surface area (Å²) in [5.41, 5.74) is 0. The maximum atomic E-state index is 13.0. The Morgan fingerprint density at radius 3 is 1.79 bits per heavy atom. The summed E-state index contributed by atoms with van der Waals surface area (Å²) < 4.78 is 47.3. The molecule has 1 saturated heterocycles. The van der Waals surface area contributed by atoms with Crippen LogP contribution in [-0.4, -0.2) is 107 Å². The van der Waals surface area contributed by atoms with E-state index in [1.54, 1.807) is 0 Å². The Hall–Kier alpha value is -1.20. The van der Waals surface area contributed by atoms with Crippen LogP contribution in [-0.2, 0) is 28.9 Å². The van der Waals surface area contributed by atoms with E-state index in [2.05, 4.69) is 35.5 Å². The Balaban J connectivity index is 2.66. The van der Waals surface area contributed by atoms with Crippen LogP contribution in [0.1, 0.15) is 162 Å². The molecule has 7 N–H and O–H groups in total. The molecule has 0 spiro atoms. The van der Waals surface area contributed by atoms with Gasteiger partial charge in [-0.25, -0.2) is 4.18 Å². The molecule has 1 heterocycles. The second-order valence-electron chi connectivity index (χ2n) is 14.4. The van der Waals surface area contributed by atoms with Crippen molar-refractivity contribution in [3.05, 3.63) is 12.2 Å². The van der Waals surface area contributed by atoms with Crippen molar-refractivity contribution in [1.82, 2.24) is 5.32 Å². The molecule has 8 atom stereocenters. The molecule has 52 heavy (non-hydrogen) atoms. The molecule has 0 aromatic rings. The summed E-state index contributed by atoms with van der Waals surface area (Å²) >= 11 is 0. The molecule has 13 nitrogen and oxygen atoms in total. The van der Waals surface area contributed by atoms with E-state index in [4.69, 9.17) is 14.0 Å². The molecule has 1 fully saturated rings. The molecular formula is C38H73NO12S. The van der Waals surface area contributed by atoms with Crippen molar-refractivity contribution in [2.24, 2.45) is 0 Å². The first-order valence-electron chi connectivity index (χ1n) is 20.2. The number of aliphatic hydroxyl groups is 5. The number of hydrogen-bond acceptors (Lipinski definition) is 11. The summed E-state index contributed by atoms with van der Waals surface area (Å²) in [6.07, 6.45) is 17.1. The zero-order valence-electron chi connectivity index (χ0n) is 32.0. The van der Waals surface area contributed by atoms with Crippen molar-refractivity contribution in [2.45, 2.75) is 210 Å². The van der Waals surface area contributed by atoms with Crippen molar-refractivity contribution >= 4 is 16.3 Å². The van der Waals surface area contributed by atoms with Crippen LogP contribution in [0.25, 0.3) is 0 Å². The highest BCUT2D eigenvalue weighted by atomic mass is 32.3. The highest BCUT2D eigenvalue weighted by molar-refractivity contribution is 7.80. The molecule has 1 aliphatic rings. The van der Waals surface area contributed by atoms with Crippen molar-refractivity contribution in [1.29, 1.82) is 0 Å². The van der Waals surface area contributed by atoms with Crippen LogP contribution in [0.2, 0.25) is 0 Å². The largest absolute Gasteiger partial charge is 0.397 e. The van der Waals surface area contributed by atoms with Gasteiger partial charge in [-0.15, -0.1) is 0 Å². The average molecular weight is 768 g/mol. The monoisotopic (exact) mass is 767 g/mol. The van der Waals surface area contributed by atoms with Crippen LogP contribution < -0.4 is 5.32 Å². The minimum atomic E-state index is -5.10. The molecule has 1 amide bonds. The van der Waals surface area contributed by atoms with Crippen LogP contribution in [0.5, 0.6) is 0 Å². The van der Waals surface area contributed by atoms with Gasteiger partial charge in [0, 0.05) is 0 Å². The number of amides is 1. The first-order valence-corrected chi connectivity index (χ1v) is 21.5. The first kappa shape index (κ1) is 48.8. The third-order valence-corrected chi connectivity index (χ3v) is 10.1. The zero-order valence-corrected chi connectivity index (χ0v) is 32.8. The Labute approximate surface area is 313 Å². The van der Waals surface area contributed by atoms with Gasteiger partial charge in [0.05, 0.1) is 25.4 Å². The van der Waals surface area contributed by atoms with E-state index in [9.17, 15) is 38.7 Å². The van der Waals surface area contributed by atoms with E-state index in [0.29, 0.717) is 19.3 Å². The maximum absolute atomic E-state index is 13.0. The molecule has 14 heteroatoms. The predicted molar refractivity (Wildman–Crippen MR) is 201 cm³/mol. The maximum Gasteiger partial charge on any atom is 0.397 e. The second-order valence-corrected chi connectivity index (χ2v) is 15.4. The van der Waals surface area contributed by atoms with Crippen molar-refractivity contribution in [3.8, 4) is 0 Å². The fourth-order valence-corrected chi connectivity index (χ4v) is 6.89. The van der Waals surface area contributed by atoms with Gasteiger partial charge in [-0.3, -0.25) is 9.35 Å². The first-order chi connectivity index (χ1) is 24.9. The molecule has 1 rings (SSSR count). The Bertz CT molecular complexity index is 1020. The standard InChI is InChI=1S/C38H73NO12S/c1-3-5-7-9-11-13-14-15-16-17-19-20-22-24-26-31(41)30(39-37(45)32(42)27-25-23-21-18-12-10-8-6-4-2)29-49-38-35(44)36(51-52(46,47)48)34(43)33(28-40)50-38/h10,12,30-36,38,40-44H,3-9,11,13-29H2,1-2H3,(H,39,45)(H,46,47,48)/b12-10-. The number of ether oxygens (including phenoxy) is 2. The molecule has 0 aromatic heterocycles. The smallest absolute Gasteiger partial charge is 0.394 e. The normalized spacial score (nSPS) is 22.8. The van der Waals surface area contributed by atoms with Gasteiger partial charge in [0.1, 0.15) is 30.5 Å². The number of aliphatic hydroxyl groups excluding tert-OH is 5. The molecule has 0 radical (unpaired) electrons. The number of unbranched alkanes of at least 4 members (excludes halogenated alkanes) is 18. The van der Waals surface area contributed by atoms with E-state index in [1.165, 1.54) is 70.6 Å². The fourth-order valence-electron chi connectivity index (χ4n) is 6.39. The van der Waals surface area contributed by atoms with Gasteiger partial charge in [0.2, 0.25) is 5.91 Å². The van der Waals surface area contributed by atoms with Gasteiger partial charge in [0.25, 0.3) is 0 Å². The number of nitrogens with one attached hydrogen (secondary N) is 1. The van der Waals surface area contributed by atoms with Crippen LogP contribution >= 0.6 is 0 Å². The Morgan fingerprint density at radius 2 is 1.25 bits per heavy atom. The second kappa shape index (κ2) is 30.1. The van der Waals surface area contributed by atoms with E-state index in [-0.39, 0.29) is 6.42 Å². The van der Waals surface area contributed by atoms with Gasteiger partial charge in [0.15, 0.2) is 6.29 Å². The quantitative estimate of drug-likeness (QED) is 0.0254. The van der Waals surface area contributed by atoms with Crippen molar-refractivity contribution in [3.63, 3.8) is 0 Å². The summed E-state index contributed by atoms with van der Waals surface area (Å²) in [6.45, 7) is 3.18. The Kier molecular flexibility index (Phi) is 28.2. The number of rotatable bonds is 33. The zero-order chi connectivity index (χ0) is 38.6. The number of allylic oxidation sites excluding steroid dienone is 2. The van der Waals surface area contributed by atoms with Crippen molar-refractivity contribution < 1.29 is 57.0 Å². The molecule has 0 aliphatic carbocycles. The highest BCUT2D eigenvalue weighted by Crippen LogP contribution is 2.26. The molecular weight excluding hydrogens is 694 g/mol. The molecule has 0 saturated carbocycles. The summed E-state index contributed by atoms with van der Waals surface area (Å²) in [7, 11) is -5.10. The average Bonchev–Trinajstić information content (AvgIpc) is 3.11. The minimum Gasteiger partial charge on any atom is -0.394 e. The lowest BCUT2D eigenvalue weighted by Gasteiger charge is -2.41. The van der Waals surface area contributed by atoms with Crippen LogP contribution in [0.3, 0.4) is 0 Å². The third-order valence-electron chi connectivity index (χ3n) is 9.68. The molecule has 0 bridgehead atoms. The predicted octanol–water partition coefficient (Wildman–Crippen LogP) is 5.40. The van der Waals surface area contributed by atoms with E-state index in [0.717, 1.165) is 51.4 Å². The van der Waals surface area contributed by atoms with Crippen LogP contribution in [0.4, 0.5) is 0 Å².